The average molecular weight is 339 g/mol. The van der Waals surface area contributed by atoms with Gasteiger partial charge in [-0.3, -0.25) is 4.79 Å². The monoisotopic (exact) mass is 338 g/mol. The molecule has 0 bridgehead atoms. The van der Waals surface area contributed by atoms with Crippen LogP contribution in [0.15, 0.2) is 18.2 Å². The molecule has 112 valence electrons. The van der Waals surface area contributed by atoms with E-state index in [0.717, 1.165) is 4.68 Å². The molecule has 0 fully saturated rings. The first kappa shape index (κ1) is 15.7. The van der Waals surface area contributed by atoms with Crippen molar-refractivity contribution in [3.8, 4) is 11.6 Å². The Kier molecular flexibility index (Phi) is 4.15. The van der Waals surface area contributed by atoms with Crippen molar-refractivity contribution in [2.75, 3.05) is 0 Å². The minimum absolute atomic E-state index is 0.0367. The van der Waals surface area contributed by atoms with Crippen LogP contribution in [0.1, 0.15) is 16.1 Å². The number of ether oxygens (including phenoxy) is 1. The first-order chi connectivity index (χ1) is 9.74. The van der Waals surface area contributed by atoms with E-state index < -0.39 is 17.4 Å². The molecule has 1 aromatic carbocycles. The Bertz CT molecular complexity index is 699. The van der Waals surface area contributed by atoms with Gasteiger partial charge in [0.25, 0.3) is 0 Å². The molecule has 0 atom stereocenters. The number of carbonyl (C=O) groups is 1. The summed E-state index contributed by atoms with van der Waals surface area (Å²) < 4.78 is 44.4. The molecule has 21 heavy (non-hydrogen) atoms. The zero-order valence-electron chi connectivity index (χ0n) is 10.4. The lowest BCUT2D eigenvalue weighted by atomic mass is 10.2. The number of alkyl halides is 3. The third-order valence-electron chi connectivity index (χ3n) is 2.52. The highest BCUT2D eigenvalue weighted by molar-refractivity contribution is 6.35. The van der Waals surface area contributed by atoms with E-state index in [4.69, 9.17) is 27.9 Å². The molecule has 0 unspecified atom stereocenters. The van der Waals surface area contributed by atoms with Crippen molar-refractivity contribution in [3.63, 3.8) is 0 Å². The van der Waals surface area contributed by atoms with Crippen molar-refractivity contribution in [1.82, 2.24) is 9.78 Å². The van der Waals surface area contributed by atoms with E-state index in [1.807, 2.05) is 0 Å². The summed E-state index contributed by atoms with van der Waals surface area (Å²) in [6.45, 7) is 0. The quantitative estimate of drug-likeness (QED) is 0.781. The van der Waals surface area contributed by atoms with Crippen LogP contribution in [0.4, 0.5) is 13.2 Å². The van der Waals surface area contributed by atoms with Gasteiger partial charge in [-0.25, -0.2) is 4.68 Å². The molecule has 1 aromatic heterocycles. The Morgan fingerprint density at radius 1 is 1.33 bits per heavy atom. The molecule has 1 heterocycles. The number of hydrogen-bond donors (Lipinski definition) is 0. The molecule has 0 aliphatic heterocycles. The van der Waals surface area contributed by atoms with Gasteiger partial charge in [-0.15, -0.1) is 0 Å². The van der Waals surface area contributed by atoms with E-state index in [1.165, 1.54) is 25.2 Å². The standard InChI is InChI=1S/C12H7Cl2F3N2O2/c1-19-11(7(5-20)10(18-19)12(15,16)17)21-9-3-2-6(13)4-8(9)14/h2-5H,1H3. The van der Waals surface area contributed by atoms with Crippen LogP contribution in [0.25, 0.3) is 0 Å². The lowest BCUT2D eigenvalue weighted by Crippen LogP contribution is -2.09. The van der Waals surface area contributed by atoms with Crippen LogP contribution in [0.3, 0.4) is 0 Å². The molecular weight excluding hydrogens is 332 g/mol. The van der Waals surface area contributed by atoms with Gasteiger partial charge in [0, 0.05) is 12.1 Å². The van der Waals surface area contributed by atoms with E-state index in [0.29, 0.717) is 5.02 Å². The molecule has 0 amide bonds. The molecular formula is C12H7Cl2F3N2O2. The molecule has 4 nitrogen and oxygen atoms in total. The summed E-state index contributed by atoms with van der Waals surface area (Å²) in [5.74, 6) is -0.303. The summed E-state index contributed by atoms with van der Waals surface area (Å²) in [6.07, 6.45) is -4.73. The summed E-state index contributed by atoms with van der Waals surface area (Å²) in [6, 6.07) is 4.18. The maximum absolute atomic E-state index is 12.8. The van der Waals surface area contributed by atoms with Crippen LogP contribution in [0, 0.1) is 0 Å². The van der Waals surface area contributed by atoms with Gasteiger partial charge in [-0.2, -0.15) is 18.3 Å². The van der Waals surface area contributed by atoms with E-state index in [-0.39, 0.29) is 22.9 Å². The summed E-state index contributed by atoms with van der Waals surface area (Å²) in [4.78, 5) is 10.9. The molecule has 0 radical (unpaired) electrons. The van der Waals surface area contributed by atoms with Crippen molar-refractivity contribution in [1.29, 1.82) is 0 Å². The Morgan fingerprint density at radius 3 is 2.52 bits per heavy atom. The topological polar surface area (TPSA) is 44.1 Å². The lowest BCUT2D eigenvalue weighted by Gasteiger charge is -2.08. The molecule has 9 heteroatoms. The van der Waals surface area contributed by atoms with Crippen molar-refractivity contribution < 1.29 is 22.7 Å². The largest absolute Gasteiger partial charge is 0.437 e. The highest BCUT2D eigenvalue weighted by Gasteiger charge is 2.39. The SMILES string of the molecule is Cn1nc(C(F)(F)F)c(C=O)c1Oc1ccc(Cl)cc1Cl. The fraction of sp³-hybridized carbons (Fsp3) is 0.167. The number of hydrogen-bond acceptors (Lipinski definition) is 3. The van der Waals surface area contributed by atoms with Crippen LogP contribution in [-0.2, 0) is 13.2 Å². The van der Waals surface area contributed by atoms with Crippen LogP contribution >= 0.6 is 23.2 Å². The van der Waals surface area contributed by atoms with Crippen LogP contribution < -0.4 is 4.74 Å². The van der Waals surface area contributed by atoms with Gasteiger partial charge in [0.05, 0.1) is 5.02 Å². The predicted octanol–water partition coefficient (Wildman–Crippen LogP) is 4.35. The van der Waals surface area contributed by atoms with Gasteiger partial charge < -0.3 is 4.74 Å². The van der Waals surface area contributed by atoms with Gasteiger partial charge in [0.2, 0.25) is 5.88 Å². The van der Waals surface area contributed by atoms with Crippen molar-refractivity contribution >= 4 is 29.5 Å². The van der Waals surface area contributed by atoms with Crippen molar-refractivity contribution in [2.24, 2.45) is 7.05 Å². The Morgan fingerprint density at radius 2 is 2.00 bits per heavy atom. The highest BCUT2D eigenvalue weighted by atomic mass is 35.5. The molecule has 0 aliphatic rings. The van der Waals surface area contributed by atoms with Crippen LogP contribution in [0.5, 0.6) is 11.6 Å². The van der Waals surface area contributed by atoms with Gasteiger partial charge >= 0.3 is 6.18 Å². The molecule has 0 N–H and O–H groups in total. The summed E-state index contributed by atoms with van der Waals surface area (Å²) in [5.41, 5.74) is -2.02. The molecule has 2 aromatic rings. The second-order valence-electron chi connectivity index (χ2n) is 3.98. The molecule has 0 saturated heterocycles. The molecule has 0 saturated carbocycles. The second kappa shape index (κ2) is 5.57. The summed E-state index contributed by atoms with van der Waals surface area (Å²) in [7, 11) is 1.22. The first-order valence-electron chi connectivity index (χ1n) is 5.46. The van der Waals surface area contributed by atoms with Gasteiger partial charge in [0.15, 0.2) is 12.0 Å². The maximum atomic E-state index is 12.8. The predicted molar refractivity (Wildman–Crippen MR) is 70.1 cm³/mol. The Balaban J connectivity index is 2.49. The van der Waals surface area contributed by atoms with Gasteiger partial charge in [-0.05, 0) is 18.2 Å². The highest BCUT2D eigenvalue weighted by Crippen LogP contribution is 2.37. The zero-order chi connectivity index (χ0) is 15.8. The fourth-order valence-corrected chi connectivity index (χ4v) is 2.07. The van der Waals surface area contributed by atoms with E-state index in [1.54, 1.807) is 0 Å². The third kappa shape index (κ3) is 3.14. The van der Waals surface area contributed by atoms with E-state index in [2.05, 4.69) is 5.10 Å². The second-order valence-corrected chi connectivity index (χ2v) is 4.83. The number of benzene rings is 1. The molecule has 2 rings (SSSR count). The number of nitrogens with zero attached hydrogens (tertiary/aromatic N) is 2. The van der Waals surface area contributed by atoms with Gasteiger partial charge in [-0.1, -0.05) is 23.2 Å². The lowest BCUT2D eigenvalue weighted by molar-refractivity contribution is -0.141. The number of halogens is 5. The fourth-order valence-electron chi connectivity index (χ4n) is 1.62. The number of carbonyl (C=O) groups excluding carboxylic acids is 1. The first-order valence-corrected chi connectivity index (χ1v) is 6.22. The van der Waals surface area contributed by atoms with E-state index in [9.17, 15) is 18.0 Å². The number of aldehydes is 1. The summed E-state index contributed by atoms with van der Waals surface area (Å²) in [5, 5.41) is 3.69. The number of rotatable bonds is 3. The van der Waals surface area contributed by atoms with Crippen LogP contribution in [0.2, 0.25) is 10.0 Å². The summed E-state index contributed by atoms with van der Waals surface area (Å²) >= 11 is 11.6. The number of aromatic nitrogens is 2. The minimum atomic E-state index is -4.76. The van der Waals surface area contributed by atoms with Crippen molar-refractivity contribution in [3.05, 3.63) is 39.5 Å². The Hall–Kier alpha value is -1.73. The normalized spacial score (nSPS) is 11.5. The van der Waals surface area contributed by atoms with Crippen LogP contribution in [-0.4, -0.2) is 16.1 Å². The maximum Gasteiger partial charge on any atom is 0.436 e. The Labute approximate surface area is 127 Å². The zero-order valence-corrected chi connectivity index (χ0v) is 11.9. The number of aryl methyl sites for hydroxylation is 1. The van der Waals surface area contributed by atoms with E-state index >= 15 is 0 Å². The van der Waals surface area contributed by atoms with Crippen molar-refractivity contribution in [2.45, 2.75) is 6.18 Å². The molecule has 0 spiro atoms. The molecule has 0 aliphatic carbocycles. The minimum Gasteiger partial charge on any atom is -0.437 e. The third-order valence-corrected chi connectivity index (χ3v) is 3.05. The smallest absolute Gasteiger partial charge is 0.436 e. The van der Waals surface area contributed by atoms with Gasteiger partial charge in [0.1, 0.15) is 11.3 Å². The average Bonchev–Trinajstić information content (AvgIpc) is 2.69.